The first-order valence-corrected chi connectivity index (χ1v) is 11.1. The molecule has 0 spiro atoms. The van der Waals surface area contributed by atoms with Crippen LogP contribution >= 0.6 is 23.2 Å². The molecule has 1 aliphatic heterocycles. The molecule has 0 bridgehead atoms. The average Bonchev–Trinajstić information content (AvgIpc) is 3.20. The first kappa shape index (κ1) is 25.0. The molecule has 8 nitrogen and oxygen atoms in total. The van der Waals surface area contributed by atoms with E-state index in [4.69, 9.17) is 27.9 Å². The number of amides is 2. The summed E-state index contributed by atoms with van der Waals surface area (Å²) in [6.07, 6.45) is -2.82. The van der Waals surface area contributed by atoms with Crippen LogP contribution in [0.1, 0.15) is 38.5 Å². The fraction of sp³-hybridized carbons (Fsp3) is 0.273. The molecule has 184 valence electrons. The number of aryl methyl sites for hydroxylation is 1. The number of aromatic nitrogens is 3. The Kier molecular flexibility index (Phi) is 7.02. The molecule has 1 atom stereocenters. The van der Waals surface area contributed by atoms with Crippen molar-refractivity contribution in [2.45, 2.75) is 25.6 Å². The van der Waals surface area contributed by atoms with E-state index in [1.807, 2.05) is 0 Å². The number of hydrogen-bond donors (Lipinski definition) is 2. The maximum absolute atomic E-state index is 13.4. The minimum Gasteiger partial charge on any atom is -0.376 e. The monoisotopic (exact) mass is 527 g/mol. The van der Waals surface area contributed by atoms with Crippen LogP contribution in [-0.2, 0) is 10.9 Å². The van der Waals surface area contributed by atoms with Crippen LogP contribution in [-0.4, -0.2) is 45.8 Å². The maximum Gasteiger partial charge on any atom is 0.435 e. The van der Waals surface area contributed by atoms with Crippen molar-refractivity contribution in [3.8, 4) is 5.82 Å². The van der Waals surface area contributed by atoms with Gasteiger partial charge in [-0.15, -0.1) is 0 Å². The van der Waals surface area contributed by atoms with Crippen LogP contribution in [0.15, 0.2) is 36.5 Å². The summed E-state index contributed by atoms with van der Waals surface area (Å²) in [4.78, 5) is 30.0. The molecule has 4 rings (SSSR count). The zero-order chi connectivity index (χ0) is 25.3. The summed E-state index contributed by atoms with van der Waals surface area (Å²) in [6, 6.07) is 6.33. The molecule has 1 fully saturated rings. The summed E-state index contributed by atoms with van der Waals surface area (Å²) in [5.74, 6) is -1.66. The summed E-state index contributed by atoms with van der Waals surface area (Å²) in [5.41, 5.74) is -1.24. The molecule has 0 radical (unpaired) electrons. The second kappa shape index (κ2) is 9.84. The van der Waals surface area contributed by atoms with Gasteiger partial charge in [-0.05, 0) is 43.2 Å². The van der Waals surface area contributed by atoms with Crippen LogP contribution in [0.4, 0.5) is 18.9 Å². The Morgan fingerprint density at radius 2 is 1.97 bits per heavy atom. The first-order chi connectivity index (χ1) is 16.5. The molecular weight excluding hydrogens is 510 g/mol. The molecule has 35 heavy (non-hydrogen) atoms. The van der Waals surface area contributed by atoms with E-state index in [2.05, 4.69) is 20.7 Å². The SMILES string of the molecule is Cc1cc(Cl)cc(C(=O)NCC2CCO2)c1NC(=O)c1cc(C(F)(F)F)nn1-c1ncccc1Cl. The fourth-order valence-electron chi connectivity index (χ4n) is 3.39. The number of carbonyl (C=O) groups is 2. The van der Waals surface area contributed by atoms with Gasteiger partial charge in [-0.1, -0.05) is 23.2 Å². The van der Waals surface area contributed by atoms with E-state index in [9.17, 15) is 22.8 Å². The Balaban J connectivity index is 1.70. The molecule has 1 aliphatic rings. The van der Waals surface area contributed by atoms with Gasteiger partial charge < -0.3 is 15.4 Å². The molecule has 0 saturated carbocycles. The van der Waals surface area contributed by atoms with Gasteiger partial charge in [-0.25, -0.2) is 9.67 Å². The number of ether oxygens (including phenoxy) is 1. The van der Waals surface area contributed by atoms with Crippen LogP contribution in [0.2, 0.25) is 10.0 Å². The summed E-state index contributed by atoms with van der Waals surface area (Å²) < 4.78 is 46.2. The van der Waals surface area contributed by atoms with Gasteiger partial charge >= 0.3 is 6.18 Å². The number of pyridine rings is 1. The number of anilines is 1. The number of nitrogens with one attached hydrogen (secondary N) is 2. The molecular formula is C22H18Cl2F3N5O3. The number of alkyl halides is 3. The van der Waals surface area contributed by atoms with Crippen LogP contribution in [0.5, 0.6) is 0 Å². The second-order valence-corrected chi connectivity index (χ2v) is 8.57. The Morgan fingerprint density at radius 1 is 1.23 bits per heavy atom. The average molecular weight is 528 g/mol. The lowest BCUT2D eigenvalue weighted by molar-refractivity contribution is -0.141. The quantitative estimate of drug-likeness (QED) is 0.485. The van der Waals surface area contributed by atoms with E-state index < -0.39 is 29.4 Å². The normalized spacial score (nSPS) is 15.4. The topological polar surface area (TPSA) is 98.1 Å². The van der Waals surface area contributed by atoms with Crippen molar-refractivity contribution in [3.05, 3.63) is 69.1 Å². The van der Waals surface area contributed by atoms with Gasteiger partial charge in [0.05, 0.1) is 22.4 Å². The van der Waals surface area contributed by atoms with E-state index in [1.165, 1.54) is 30.5 Å². The molecule has 0 aliphatic carbocycles. The molecule has 1 unspecified atom stereocenters. The third kappa shape index (κ3) is 5.42. The Morgan fingerprint density at radius 3 is 2.60 bits per heavy atom. The van der Waals surface area contributed by atoms with Gasteiger partial charge in [0.15, 0.2) is 11.5 Å². The number of hydrogen-bond acceptors (Lipinski definition) is 5. The predicted octanol–water partition coefficient (Wildman–Crippen LogP) is 4.67. The predicted molar refractivity (Wildman–Crippen MR) is 122 cm³/mol. The molecule has 13 heteroatoms. The zero-order valence-electron chi connectivity index (χ0n) is 18.1. The van der Waals surface area contributed by atoms with Crippen molar-refractivity contribution in [1.82, 2.24) is 20.1 Å². The summed E-state index contributed by atoms with van der Waals surface area (Å²) >= 11 is 12.2. The molecule has 2 amide bonds. The van der Waals surface area contributed by atoms with Crippen LogP contribution in [0, 0.1) is 6.92 Å². The minimum absolute atomic E-state index is 0.0145. The lowest BCUT2D eigenvalue weighted by Crippen LogP contribution is -2.40. The smallest absolute Gasteiger partial charge is 0.376 e. The van der Waals surface area contributed by atoms with E-state index in [0.29, 0.717) is 22.9 Å². The Hall–Kier alpha value is -3.15. The molecule has 3 aromatic rings. The maximum atomic E-state index is 13.4. The lowest BCUT2D eigenvalue weighted by Gasteiger charge is -2.26. The van der Waals surface area contributed by atoms with Gasteiger partial charge in [0.2, 0.25) is 0 Å². The number of benzene rings is 1. The van der Waals surface area contributed by atoms with Crippen LogP contribution in [0.25, 0.3) is 5.82 Å². The molecule has 1 saturated heterocycles. The van der Waals surface area contributed by atoms with Crippen molar-refractivity contribution in [3.63, 3.8) is 0 Å². The van der Waals surface area contributed by atoms with Gasteiger partial charge in [0.25, 0.3) is 11.8 Å². The van der Waals surface area contributed by atoms with Crippen molar-refractivity contribution in [2.75, 3.05) is 18.5 Å². The standard InChI is InChI=1S/C22H18Cl2F3N5O3/c1-11-7-12(23)8-14(20(33)29-10-13-4-6-35-13)18(11)30-21(34)16-9-17(22(25,26)27)31-32(16)19-15(24)3-2-5-28-19/h2-3,5,7-9,13H,4,6,10H2,1H3,(H,29,33)(H,30,34). The number of nitrogens with zero attached hydrogens (tertiary/aromatic N) is 3. The fourth-order valence-corrected chi connectivity index (χ4v) is 3.86. The molecule has 3 heterocycles. The zero-order valence-corrected chi connectivity index (χ0v) is 19.6. The van der Waals surface area contributed by atoms with Crippen LogP contribution < -0.4 is 10.6 Å². The molecule has 1 aromatic carbocycles. The second-order valence-electron chi connectivity index (χ2n) is 7.72. The van der Waals surface area contributed by atoms with E-state index in [0.717, 1.165) is 6.42 Å². The summed E-state index contributed by atoms with van der Waals surface area (Å²) in [5, 5.41) is 8.97. The number of carbonyl (C=O) groups excluding carboxylic acids is 2. The molecule has 2 aromatic heterocycles. The van der Waals surface area contributed by atoms with Crippen molar-refractivity contribution in [1.29, 1.82) is 0 Å². The van der Waals surface area contributed by atoms with Crippen molar-refractivity contribution >= 4 is 40.7 Å². The molecule has 2 N–H and O–H groups in total. The van der Waals surface area contributed by atoms with E-state index in [-0.39, 0.29) is 39.8 Å². The van der Waals surface area contributed by atoms with E-state index >= 15 is 0 Å². The number of halogens is 5. The largest absolute Gasteiger partial charge is 0.435 e. The highest BCUT2D eigenvalue weighted by atomic mass is 35.5. The third-order valence-corrected chi connectivity index (χ3v) is 5.75. The lowest BCUT2D eigenvalue weighted by atomic mass is 10.1. The highest BCUT2D eigenvalue weighted by Gasteiger charge is 2.37. The highest BCUT2D eigenvalue weighted by molar-refractivity contribution is 6.32. The van der Waals surface area contributed by atoms with Gasteiger partial charge in [0.1, 0.15) is 5.69 Å². The highest BCUT2D eigenvalue weighted by Crippen LogP contribution is 2.32. The van der Waals surface area contributed by atoms with Gasteiger partial charge in [0, 0.05) is 30.4 Å². The van der Waals surface area contributed by atoms with E-state index in [1.54, 1.807) is 6.92 Å². The van der Waals surface area contributed by atoms with Gasteiger partial charge in [-0.2, -0.15) is 18.3 Å². The summed E-state index contributed by atoms with van der Waals surface area (Å²) in [7, 11) is 0. The van der Waals surface area contributed by atoms with Crippen molar-refractivity contribution in [2.24, 2.45) is 0 Å². The van der Waals surface area contributed by atoms with Crippen molar-refractivity contribution < 1.29 is 27.5 Å². The van der Waals surface area contributed by atoms with Crippen LogP contribution in [0.3, 0.4) is 0 Å². The minimum atomic E-state index is -4.83. The Bertz CT molecular complexity index is 1290. The third-order valence-electron chi connectivity index (χ3n) is 5.24. The number of rotatable bonds is 6. The van der Waals surface area contributed by atoms with Gasteiger partial charge in [-0.3, -0.25) is 9.59 Å². The Labute approximate surface area is 207 Å². The first-order valence-electron chi connectivity index (χ1n) is 10.3. The summed E-state index contributed by atoms with van der Waals surface area (Å²) in [6.45, 7) is 2.48.